The molecule has 2 aliphatic heterocycles. The Hall–Kier alpha value is -2.10. The maximum atomic E-state index is 12.8. The van der Waals surface area contributed by atoms with E-state index in [1.165, 1.54) is 0 Å². The van der Waals surface area contributed by atoms with Gasteiger partial charge in [-0.25, -0.2) is 0 Å². The van der Waals surface area contributed by atoms with E-state index < -0.39 is 24.4 Å². The summed E-state index contributed by atoms with van der Waals surface area (Å²) >= 11 is 0. The highest BCUT2D eigenvalue weighted by atomic mass is 19.4. The topological polar surface area (TPSA) is 76.5 Å². The standard InChI is InChI=1S/C17H23F3N4O3/c1-23-10-11(9-21-23)8-13-16(26)24(7-5-15(25)22-13)6-4-12-2-3-14(27-12)17(18,19)20/h9-10,12-14H,2-8H2,1H3,(H,22,25). The summed E-state index contributed by atoms with van der Waals surface area (Å²) < 4.78 is 44.8. The number of hydrogen-bond donors (Lipinski definition) is 1. The Labute approximate surface area is 154 Å². The Morgan fingerprint density at radius 1 is 1.33 bits per heavy atom. The molecule has 150 valence electrons. The molecular weight excluding hydrogens is 365 g/mol. The first-order valence-corrected chi connectivity index (χ1v) is 9.00. The molecule has 0 radical (unpaired) electrons. The summed E-state index contributed by atoms with van der Waals surface area (Å²) in [5.41, 5.74) is 0.824. The second-order valence-corrected chi connectivity index (χ2v) is 7.08. The number of alkyl halides is 3. The Morgan fingerprint density at radius 3 is 2.74 bits per heavy atom. The van der Waals surface area contributed by atoms with Crippen LogP contribution in [0.2, 0.25) is 0 Å². The molecule has 2 amide bonds. The Balaban J connectivity index is 1.57. The third kappa shape index (κ3) is 5.00. The van der Waals surface area contributed by atoms with Crippen LogP contribution < -0.4 is 5.32 Å². The average Bonchev–Trinajstić information content (AvgIpc) is 3.19. The number of aromatic nitrogens is 2. The minimum Gasteiger partial charge on any atom is -0.365 e. The van der Waals surface area contributed by atoms with Crippen molar-refractivity contribution in [1.82, 2.24) is 20.0 Å². The van der Waals surface area contributed by atoms with Crippen molar-refractivity contribution in [2.75, 3.05) is 13.1 Å². The highest BCUT2D eigenvalue weighted by molar-refractivity contribution is 5.90. The molecule has 0 bridgehead atoms. The van der Waals surface area contributed by atoms with E-state index >= 15 is 0 Å². The van der Waals surface area contributed by atoms with Gasteiger partial charge in [-0.15, -0.1) is 0 Å². The van der Waals surface area contributed by atoms with Crippen LogP contribution in [0.4, 0.5) is 13.2 Å². The summed E-state index contributed by atoms with van der Waals surface area (Å²) in [6, 6.07) is -0.698. The van der Waals surface area contributed by atoms with E-state index in [-0.39, 0.29) is 37.7 Å². The van der Waals surface area contributed by atoms with E-state index in [1.54, 1.807) is 29.0 Å². The normalized spacial score (nSPS) is 27.0. The second kappa shape index (κ2) is 7.87. The van der Waals surface area contributed by atoms with Gasteiger partial charge in [-0.2, -0.15) is 18.3 Å². The zero-order chi connectivity index (χ0) is 19.6. The van der Waals surface area contributed by atoms with Crippen LogP contribution in [-0.2, 0) is 27.8 Å². The molecule has 2 aliphatic rings. The molecule has 3 unspecified atom stereocenters. The fourth-order valence-corrected chi connectivity index (χ4v) is 3.53. The lowest BCUT2D eigenvalue weighted by Crippen LogP contribution is -2.46. The van der Waals surface area contributed by atoms with E-state index in [9.17, 15) is 22.8 Å². The first-order chi connectivity index (χ1) is 12.7. The minimum atomic E-state index is -4.35. The summed E-state index contributed by atoms with van der Waals surface area (Å²) in [6.45, 7) is 0.524. The number of aryl methyl sites for hydroxylation is 1. The lowest BCUT2D eigenvalue weighted by Gasteiger charge is -2.25. The molecular formula is C17H23F3N4O3. The van der Waals surface area contributed by atoms with Gasteiger partial charge in [-0.1, -0.05) is 0 Å². The number of ether oxygens (including phenoxy) is 1. The van der Waals surface area contributed by atoms with Crippen molar-refractivity contribution in [3.05, 3.63) is 18.0 Å². The second-order valence-electron chi connectivity index (χ2n) is 7.08. The van der Waals surface area contributed by atoms with Crippen molar-refractivity contribution in [2.24, 2.45) is 7.05 Å². The molecule has 10 heteroatoms. The number of nitrogens with one attached hydrogen (secondary N) is 1. The number of carbonyl (C=O) groups is 2. The Morgan fingerprint density at radius 2 is 2.11 bits per heavy atom. The van der Waals surface area contributed by atoms with Gasteiger partial charge < -0.3 is 15.0 Å². The number of nitrogens with zero attached hydrogens (tertiary/aromatic N) is 3. The Kier molecular flexibility index (Phi) is 5.73. The molecule has 0 spiro atoms. The van der Waals surface area contributed by atoms with Crippen molar-refractivity contribution in [1.29, 1.82) is 0 Å². The molecule has 27 heavy (non-hydrogen) atoms. The predicted molar refractivity (Wildman–Crippen MR) is 88.6 cm³/mol. The molecule has 3 heterocycles. The maximum absolute atomic E-state index is 12.8. The number of halogens is 3. The van der Waals surface area contributed by atoms with Gasteiger partial charge in [-0.05, 0) is 24.8 Å². The molecule has 2 saturated heterocycles. The van der Waals surface area contributed by atoms with Gasteiger partial charge >= 0.3 is 6.18 Å². The molecule has 1 aromatic heterocycles. The molecule has 3 rings (SSSR count). The van der Waals surface area contributed by atoms with E-state index in [0.29, 0.717) is 19.3 Å². The number of rotatable bonds is 5. The van der Waals surface area contributed by atoms with Crippen molar-refractivity contribution >= 4 is 11.8 Å². The molecule has 0 aromatic carbocycles. The molecule has 0 aliphatic carbocycles. The zero-order valence-electron chi connectivity index (χ0n) is 15.0. The van der Waals surface area contributed by atoms with E-state index in [4.69, 9.17) is 4.74 Å². The predicted octanol–water partition coefficient (Wildman–Crippen LogP) is 1.18. The van der Waals surface area contributed by atoms with Crippen LogP contribution in [0.1, 0.15) is 31.2 Å². The average molecular weight is 388 g/mol. The molecule has 1 N–H and O–H groups in total. The van der Waals surface area contributed by atoms with Gasteiger partial charge in [0.25, 0.3) is 0 Å². The van der Waals surface area contributed by atoms with Crippen LogP contribution in [0.25, 0.3) is 0 Å². The third-order valence-corrected chi connectivity index (χ3v) is 4.95. The van der Waals surface area contributed by atoms with Crippen LogP contribution in [0.3, 0.4) is 0 Å². The SMILES string of the molecule is Cn1cc(CC2NC(=O)CCN(CCC3CCC(C(F)(F)F)O3)C2=O)cn1. The molecule has 3 atom stereocenters. The number of carbonyl (C=O) groups excluding carboxylic acids is 2. The lowest BCUT2D eigenvalue weighted by molar-refractivity contribution is -0.215. The van der Waals surface area contributed by atoms with Crippen LogP contribution in [-0.4, -0.2) is 64.0 Å². The van der Waals surface area contributed by atoms with E-state index in [2.05, 4.69) is 10.4 Å². The molecule has 0 saturated carbocycles. The molecule has 7 nitrogen and oxygen atoms in total. The van der Waals surface area contributed by atoms with Gasteiger partial charge in [0.2, 0.25) is 11.8 Å². The van der Waals surface area contributed by atoms with Crippen LogP contribution in [0.15, 0.2) is 12.4 Å². The summed E-state index contributed by atoms with van der Waals surface area (Å²) in [7, 11) is 1.76. The van der Waals surface area contributed by atoms with Crippen molar-refractivity contribution < 1.29 is 27.5 Å². The maximum Gasteiger partial charge on any atom is 0.414 e. The number of hydrogen-bond acceptors (Lipinski definition) is 4. The van der Waals surface area contributed by atoms with Crippen LogP contribution in [0, 0.1) is 0 Å². The highest BCUT2D eigenvalue weighted by Crippen LogP contribution is 2.34. The van der Waals surface area contributed by atoms with E-state index in [1.807, 2.05) is 0 Å². The van der Waals surface area contributed by atoms with Crippen LogP contribution in [0.5, 0.6) is 0 Å². The summed E-state index contributed by atoms with van der Waals surface area (Å²) in [5, 5.41) is 6.78. The lowest BCUT2D eigenvalue weighted by atomic mass is 10.1. The van der Waals surface area contributed by atoms with Crippen molar-refractivity contribution in [3.8, 4) is 0 Å². The van der Waals surface area contributed by atoms with Gasteiger partial charge in [0, 0.05) is 39.2 Å². The van der Waals surface area contributed by atoms with Gasteiger partial charge in [0.1, 0.15) is 6.04 Å². The quantitative estimate of drug-likeness (QED) is 0.822. The number of amides is 2. The van der Waals surface area contributed by atoms with Gasteiger partial charge in [0.05, 0.1) is 12.3 Å². The smallest absolute Gasteiger partial charge is 0.365 e. The first kappa shape index (κ1) is 19.7. The Bertz CT molecular complexity index is 691. The monoisotopic (exact) mass is 388 g/mol. The molecule has 2 fully saturated rings. The highest BCUT2D eigenvalue weighted by Gasteiger charge is 2.45. The third-order valence-electron chi connectivity index (χ3n) is 4.95. The summed E-state index contributed by atoms with van der Waals surface area (Å²) in [6.07, 6.45) is -2.08. The van der Waals surface area contributed by atoms with Crippen LogP contribution >= 0.6 is 0 Å². The zero-order valence-corrected chi connectivity index (χ0v) is 15.0. The minimum absolute atomic E-state index is 0.0498. The fraction of sp³-hybridized carbons (Fsp3) is 0.706. The summed E-state index contributed by atoms with van der Waals surface area (Å²) in [4.78, 5) is 26.3. The summed E-state index contributed by atoms with van der Waals surface area (Å²) in [5.74, 6) is -0.441. The molecule has 1 aromatic rings. The largest absolute Gasteiger partial charge is 0.414 e. The van der Waals surface area contributed by atoms with Crippen molar-refractivity contribution in [2.45, 2.75) is 56.5 Å². The first-order valence-electron chi connectivity index (χ1n) is 9.00. The van der Waals surface area contributed by atoms with Crippen molar-refractivity contribution in [3.63, 3.8) is 0 Å². The van der Waals surface area contributed by atoms with Gasteiger partial charge in [0.15, 0.2) is 6.10 Å². The van der Waals surface area contributed by atoms with E-state index in [0.717, 1.165) is 5.56 Å². The fourth-order valence-electron chi connectivity index (χ4n) is 3.53. The van der Waals surface area contributed by atoms with Gasteiger partial charge in [-0.3, -0.25) is 14.3 Å².